The van der Waals surface area contributed by atoms with Gasteiger partial charge in [-0.25, -0.2) is 0 Å². The quantitative estimate of drug-likeness (QED) is 0.234. The average molecular weight is 539 g/mol. The van der Waals surface area contributed by atoms with Crippen LogP contribution in [0, 0.1) is 6.92 Å². The van der Waals surface area contributed by atoms with Crippen molar-refractivity contribution in [2.45, 2.75) is 44.2 Å². The molecule has 2 amide bonds. The van der Waals surface area contributed by atoms with Crippen LogP contribution in [0.4, 0.5) is 0 Å². The van der Waals surface area contributed by atoms with Gasteiger partial charge in [0.25, 0.3) is 0 Å². The second-order valence-electron chi connectivity index (χ2n) is 10.6. The lowest BCUT2D eigenvalue weighted by Gasteiger charge is -2.29. The van der Waals surface area contributed by atoms with Gasteiger partial charge in [0.15, 0.2) is 0 Å². The van der Waals surface area contributed by atoms with Crippen molar-refractivity contribution in [2.75, 3.05) is 33.2 Å². The normalized spacial score (nSPS) is 17.8. The minimum atomic E-state index is -0.284. The molecular formula is C34H42N4O2. The van der Waals surface area contributed by atoms with Crippen molar-refractivity contribution in [3.8, 4) is 0 Å². The highest BCUT2D eigenvalue weighted by atomic mass is 16.2. The summed E-state index contributed by atoms with van der Waals surface area (Å²) < 4.78 is 0. The number of nitrogens with zero attached hydrogens (tertiary/aromatic N) is 1. The number of hydrogen-bond donors (Lipinski definition) is 3. The number of amides is 2. The minimum absolute atomic E-state index is 0.0113. The van der Waals surface area contributed by atoms with Crippen LogP contribution in [-0.4, -0.2) is 62.0 Å². The van der Waals surface area contributed by atoms with Crippen molar-refractivity contribution >= 4 is 17.9 Å². The van der Waals surface area contributed by atoms with E-state index in [0.29, 0.717) is 19.6 Å². The number of aryl methyl sites for hydroxylation is 1. The molecule has 1 aliphatic heterocycles. The van der Waals surface area contributed by atoms with Gasteiger partial charge < -0.3 is 20.9 Å². The lowest BCUT2D eigenvalue weighted by molar-refractivity contribution is -0.133. The molecule has 2 atom stereocenters. The van der Waals surface area contributed by atoms with Crippen LogP contribution in [0.2, 0.25) is 0 Å². The number of carbonyl (C=O) groups is 2. The molecule has 210 valence electrons. The number of hydrogen-bond acceptors (Lipinski definition) is 4. The molecule has 0 aliphatic carbocycles. The van der Waals surface area contributed by atoms with Crippen molar-refractivity contribution in [3.05, 3.63) is 113 Å². The number of rotatable bonds is 12. The Morgan fingerprint density at radius 1 is 1.00 bits per heavy atom. The van der Waals surface area contributed by atoms with Gasteiger partial charge in [-0.2, -0.15) is 0 Å². The van der Waals surface area contributed by atoms with Crippen LogP contribution in [0.1, 0.15) is 47.4 Å². The number of benzene rings is 3. The third-order valence-corrected chi connectivity index (χ3v) is 7.55. The van der Waals surface area contributed by atoms with E-state index in [1.807, 2.05) is 61.3 Å². The van der Waals surface area contributed by atoms with Crippen LogP contribution in [0.15, 0.2) is 91.0 Å². The molecule has 1 heterocycles. The summed E-state index contributed by atoms with van der Waals surface area (Å²) in [5.41, 5.74) is 4.59. The first-order valence-electron chi connectivity index (χ1n) is 14.4. The van der Waals surface area contributed by atoms with E-state index in [1.165, 1.54) is 16.7 Å². The van der Waals surface area contributed by atoms with E-state index in [2.05, 4.69) is 64.5 Å². The second kappa shape index (κ2) is 15.2. The Labute approximate surface area is 238 Å². The molecule has 3 aromatic rings. The highest BCUT2D eigenvalue weighted by Crippen LogP contribution is 2.27. The standard InChI is InChI=1S/C34H42N4O2/c1-26-15-17-27(18-16-26)19-20-33(39)36-24-30-21-23-38(34(40)32(37-30)14-9-22-35-2)25-31(28-10-5-3-6-11-28)29-12-7-4-8-13-29/h3-8,10-13,15-20,30-32,35,37H,9,14,21-25H2,1-2H3,(H,36,39)/b20-19+. The van der Waals surface area contributed by atoms with Crippen molar-refractivity contribution in [1.29, 1.82) is 0 Å². The summed E-state index contributed by atoms with van der Waals surface area (Å²) in [6.07, 6.45) is 5.82. The molecule has 0 aromatic heterocycles. The van der Waals surface area contributed by atoms with Gasteiger partial charge in [-0.05, 0) is 62.5 Å². The second-order valence-corrected chi connectivity index (χ2v) is 10.6. The summed E-state index contributed by atoms with van der Waals surface area (Å²) in [7, 11) is 1.93. The van der Waals surface area contributed by atoms with Gasteiger partial charge in [0.2, 0.25) is 11.8 Å². The van der Waals surface area contributed by atoms with Crippen LogP contribution < -0.4 is 16.0 Å². The molecular weight excluding hydrogens is 496 g/mol. The third kappa shape index (κ3) is 8.63. The van der Waals surface area contributed by atoms with E-state index < -0.39 is 0 Å². The zero-order valence-corrected chi connectivity index (χ0v) is 23.7. The van der Waals surface area contributed by atoms with E-state index in [1.54, 1.807) is 6.08 Å². The largest absolute Gasteiger partial charge is 0.351 e. The topological polar surface area (TPSA) is 73.5 Å². The van der Waals surface area contributed by atoms with Crippen LogP contribution in [-0.2, 0) is 9.59 Å². The van der Waals surface area contributed by atoms with E-state index in [9.17, 15) is 9.59 Å². The molecule has 6 heteroatoms. The number of nitrogens with one attached hydrogen (secondary N) is 3. The summed E-state index contributed by atoms with van der Waals surface area (Å²) in [5, 5.41) is 9.82. The van der Waals surface area contributed by atoms with Gasteiger partial charge in [-0.1, -0.05) is 90.5 Å². The Morgan fingerprint density at radius 3 is 2.27 bits per heavy atom. The molecule has 0 spiro atoms. The van der Waals surface area contributed by atoms with Gasteiger partial charge in [0.05, 0.1) is 6.04 Å². The summed E-state index contributed by atoms with van der Waals surface area (Å²) in [4.78, 5) is 28.5. The van der Waals surface area contributed by atoms with Gasteiger partial charge in [-0.15, -0.1) is 0 Å². The van der Waals surface area contributed by atoms with Crippen molar-refractivity contribution < 1.29 is 9.59 Å². The Kier molecular flexibility index (Phi) is 11.1. The predicted molar refractivity (Wildman–Crippen MR) is 163 cm³/mol. The fourth-order valence-electron chi connectivity index (χ4n) is 5.24. The Hall–Kier alpha value is -3.74. The molecule has 3 N–H and O–H groups in total. The predicted octanol–water partition coefficient (Wildman–Crippen LogP) is 4.52. The molecule has 1 saturated heterocycles. The van der Waals surface area contributed by atoms with Crippen LogP contribution >= 0.6 is 0 Å². The molecule has 6 nitrogen and oxygen atoms in total. The molecule has 0 radical (unpaired) electrons. The zero-order valence-electron chi connectivity index (χ0n) is 23.7. The Balaban J connectivity index is 1.44. The maximum Gasteiger partial charge on any atom is 0.244 e. The highest BCUT2D eigenvalue weighted by Gasteiger charge is 2.32. The zero-order chi connectivity index (χ0) is 28.2. The summed E-state index contributed by atoms with van der Waals surface area (Å²) in [6, 6.07) is 28.7. The summed E-state index contributed by atoms with van der Waals surface area (Å²) >= 11 is 0. The van der Waals surface area contributed by atoms with Crippen molar-refractivity contribution in [2.24, 2.45) is 0 Å². The highest BCUT2D eigenvalue weighted by molar-refractivity contribution is 5.91. The lowest BCUT2D eigenvalue weighted by atomic mass is 9.90. The molecule has 1 aliphatic rings. The molecule has 0 saturated carbocycles. The lowest BCUT2D eigenvalue weighted by Crippen LogP contribution is -2.49. The van der Waals surface area contributed by atoms with Crippen LogP contribution in [0.25, 0.3) is 6.08 Å². The Morgan fingerprint density at radius 2 is 1.65 bits per heavy atom. The van der Waals surface area contributed by atoms with Crippen LogP contribution in [0.5, 0.6) is 0 Å². The van der Waals surface area contributed by atoms with Gasteiger partial charge in [-0.3, -0.25) is 9.59 Å². The molecule has 40 heavy (non-hydrogen) atoms. The van der Waals surface area contributed by atoms with Crippen LogP contribution in [0.3, 0.4) is 0 Å². The summed E-state index contributed by atoms with van der Waals surface area (Å²) in [5.74, 6) is 0.100. The van der Waals surface area contributed by atoms with E-state index in [0.717, 1.165) is 31.4 Å². The fourth-order valence-corrected chi connectivity index (χ4v) is 5.24. The van der Waals surface area contributed by atoms with Crippen molar-refractivity contribution in [3.63, 3.8) is 0 Å². The monoisotopic (exact) mass is 538 g/mol. The molecule has 1 fully saturated rings. The summed E-state index contributed by atoms with van der Waals surface area (Å²) in [6.45, 7) is 4.63. The maximum absolute atomic E-state index is 13.8. The van der Waals surface area contributed by atoms with E-state index in [4.69, 9.17) is 0 Å². The minimum Gasteiger partial charge on any atom is -0.351 e. The SMILES string of the molecule is CNCCCC1NC(CNC(=O)/C=C/c2ccc(C)cc2)CCN(CC(c2ccccc2)c2ccccc2)C1=O. The molecule has 0 bridgehead atoms. The van der Waals surface area contributed by atoms with Gasteiger partial charge in [0.1, 0.15) is 0 Å². The maximum atomic E-state index is 13.8. The first-order valence-corrected chi connectivity index (χ1v) is 14.4. The van der Waals surface area contributed by atoms with Gasteiger partial charge in [0, 0.05) is 37.7 Å². The fraction of sp³-hybridized carbons (Fsp3) is 0.353. The first-order chi connectivity index (χ1) is 19.5. The molecule has 4 rings (SSSR count). The molecule has 2 unspecified atom stereocenters. The molecule has 3 aromatic carbocycles. The van der Waals surface area contributed by atoms with E-state index in [-0.39, 0.29) is 29.8 Å². The van der Waals surface area contributed by atoms with Crippen molar-refractivity contribution in [1.82, 2.24) is 20.9 Å². The Bertz CT molecular complexity index is 1190. The number of carbonyl (C=O) groups excluding carboxylic acids is 2. The first kappa shape index (κ1) is 29.2. The third-order valence-electron chi connectivity index (χ3n) is 7.55. The van der Waals surface area contributed by atoms with Gasteiger partial charge >= 0.3 is 0 Å². The average Bonchev–Trinajstić information content (AvgIpc) is 3.13. The van der Waals surface area contributed by atoms with E-state index >= 15 is 0 Å². The smallest absolute Gasteiger partial charge is 0.244 e.